The summed E-state index contributed by atoms with van der Waals surface area (Å²) in [7, 11) is 0. The Morgan fingerprint density at radius 2 is 2.20 bits per heavy atom. The zero-order chi connectivity index (χ0) is 18.4. The van der Waals surface area contributed by atoms with Crippen LogP contribution in [0.25, 0.3) is 11.8 Å². The number of rotatable bonds is 6. The van der Waals surface area contributed by atoms with Crippen LogP contribution in [0.4, 0.5) is 0 Å². The van der Waals surface area contributed by atoms with E-state index in [1.165, 1.54) is 10.8 Å². The lowest BCUT2D eigenvalue weighted by atomic mass is 10.1. The molecule has 1 aromatic heterocycles. The third-order valence-corrected chi connectivity index (χ3v) is 4.17. The predicted molar refractivity (Wildman–Crippen MR) is 99.8 cm³/mol. The molecule has 0 aliphatic heterocycles. The number of halogens is 2. The Kier molecular flexibility index (Phi) is 6.63. The fourth-order valence-corrected chi connectivity index (χ4v) is 2.73. The molecule has 0 unspecified atom stereocenters. The van der Waals surface area contributed by atoms with Gasteiger partial charge in [-0.25, -0.2) is 4.68 Å². The van der Waals surface area contributed by atoms with Crippen molar-refractivity contribution in [1.29, 1.82) is 5.26 Å². The van der Waals surface area contributed by atoms with Crippen LogP contribution in [0.15, 0.2) is 29.8 Å². The van der Waals surface area contributed by atoms with Crippen molar-refractivity contribution < 1.29 is 4.79 Å². The molecule has 0 aliphatic rings. The van der Waals surface area contributed by atoms with Crippen molar-refractivity contribution in [2.45, 2.75) is 26.7 Å². The Hall–Kier alpha value is -2.29. The molecule has 1 N–H and O–H groups in total. The molecule has 0 radical (unpaired) electrons. The van der Waals surface area contributed by atoms with Gasteiger partial charge in [0.1, 0.15) is 16.8 Å². The van der Waals surface area contributed by atoms with Gasteiger partial charge in [0.05, 0.1) is 11.4 Å². The van der Waals surface area contributed by atoms with Crippen molar-refractivity contribution in [3.8, 4) is 11.8 Å². The van der Waals surface area contributed by atoms with Crippen LogP contribution >= 0.6 is 23.2 Å². The van der Waals surface area contributed by atoms with Gasteiger partial charge >= 0.3 is 0 Å². The average Bonchev–Trinajstić information content (AvgIpc) is 2.87. The Labute approximate surface area is 156 Å². The van der Waals surface area contributed by atoms with Crippen LogP contribution in [0, 0.1) is 18.3 Å². The molecule has 0 aliphatic carbocycles. The number of amides is 1. The highest BCUT2D eigenvalue weighted by Crippen LogP contribution is 2.26. The lowest BCUT2D eigenvalue weighted by Crippen LogP contribution is -2.25. The van der Waals surface area contributed by atoms with Gasteiger partial charge < -0.3 is 5.32 Å². The van der Waals surface area contributed by atoms with Crippen LogP contribution in [0.1, 0.15) is 31.0 Å². The van der Waals surface area contributed by atoms with E-state index in [2.05, 4.69) is 10.4 Å². The minimum Gasteiger partial charge on any atom is -0.351 e. The molecular weight excluding hydrogens is 359 g/mol. The maximum absolute atomic E-state index is 12.1. The predicted octanol–water partition coefficient (Wildman–Crippen LogP) is 4.31. The highest BCUT2D eigenvalue weighted by atomic mass is 35.5. The summed E-state index contributed by atoms with van der Waals surface area (Å²) in [5, 5.41) is 17.3. The first-order valence-electron chi connectivity index (χ1n) is 7.89. The van der Waals surface area contributed by atoms with E-state index in [0.717, 1.165) is 12.8 Å². The molecule has 1 heterocycles. The topological polar surface area (TPSA) is 70.7 Å². The van der Waals surface area contributed by atoms with Gasteiger partial charge in [-0.15, -0.1) is 0 Å². The second-order valence-electron chi connectivity index (χ2n) is 5.46. The first kappa shape index (κ1) is 19.0. The molecule has 2 aromatic rings. The molecule has 0 atom stereocenters. The first-order valence-corrected chi connectivity index (χ1v) is 8.64. The maximum Gasteiger partial charge on any atom is 0.261 e. The molecule has 0 saturated heterocycles. The fraction of sp³-hybridized carbons (Fsp3) is 0.278. The van der Waals surface area contributed by atoms with Gasteiger partial charge in [-0.2, -0.15) is 10.4 Å². The van der Waals surface area contributed by atoms with E-state index >= 15 is 0 Å². The lowest BCUT2D eigenvalue weighted by Gasteiger charge is -2.04. The molecule has 130 valence electrons. The van der Waals surface area contributed by atoms with Crippen molar-refractivity contribution in [1.82, 2.24) is 15.1 Å². The number of carbonyl (C=O) groups excluding carboxylic acids is 1. The average molecular weight is 377 g/mol. The molecule has 0 saturated carbocycles. The highest BCUT2D eigenvalue weighted by molar-refractivity contribution is 6.32. The van der Waals surface area contributed by atoms with Crippen LogP contribution < -0.4 is 5.32 Å². The second kappa shape index (κ2) is 8.70. The number of unbranched alkanes of at least 4 members (excludes halogenated alkanes) is 1. The van der Waals surface area contributed by atoms with Crippen LogP contribution in [0.5, 0.6) is 0 Å². The Morgan fingerprint density at radius 1 is 1.44 bits per heavy atom. The lowest BCUT2D eigenvalue weighted by molar-refractivity contribution is -0.117. The number of nitrogens with one attached hydrogen (secondary N) is 1. The van der Waals surface area contributed by atoms with Crippen LogP contribution in [0.2, 0.25) is 10.2 Å². The van der Waals surface area contributed by atoms with Gasteiger partial charge in [0, 0.05) is 17.1 Å². The zero-order valence-electron chi connectivity index (χ0n) is 14.0. The number of hydrogen-bond acceptors (Lipinski definition) is 3. The third-order valence-electron chi connectivity index (χ3n) is 3.57. The van der Waals surface area contributed by atoms with Crippen molar-refractivity contribution in [3.05, 3.63) is 51.3 Å². The number of nitrogens with zero attached hydrogens (tertiary/aromatic N) is 3. The highest BCUT2D eigenvalue weighted by Gasteiger charge is 2.16. The summed E-state index contributed by atoms with van der Waals surface area (Å²) >= 11 is 12.4. The number of nitriles is 1. The standard InChI is InChI=1S/C18H18Cl2N4O/c1-3-4-8-22-18(25)13(11-21)9-16-12(2)23-24(17(16)20)15-7-5-6-14(19)10-15/h5-7,9-10H,3-4,8H2,1-2H3,(H,22,25). The number of aryl methyl sites for hydroxylation is 1. The SMILES string of the molecule is CCCCNC(=O)C(C#N)=Cc1c(C)nn(-c2cccc(Cl)c2)c1Cl. The molecule has 5 nitrogen and oxygen atoms in total. The van der Waals surface area contributed by atoms with Gasteiger partial charge in [-0.05, 0) is 37.6 Å². The first-order chi connectivity index (χ1) is 12.0. The van der Waals surface area contributed by atoms with E-state index in [1.807, 2.05) is 19.1 Å². The van der Waals surface area contributed by atoms with Gasteiger partial charge in [0.25, 0.3) is 5.91 Å². The van der Waals surface area contributed by atoms with E-state index < -0.39 is 5.91 Å². The van der Waals surface area contributed by atoms with E-state index in [0.29, 0.717) is 33.7 Å². The van der Waals surface area contributed by atoms with E-state index in [1.54, 1.807) is 25.1 Å². The van der Waals surface area contributed by atoms with Crippen molar-refractivity contribution >= 4 is 35.2 Å². The summed E-state index contributed by atoms with van der Waals surface area (Å²) in [5.41, 5.74) is 1.83. The number of aromatic nitrogens is 2. The molecule has 25 heavy (non-hydrogen) atoms. The quantitative estimate of drug-likeness (QED) is 0.463. The van der Waals surface area contributed by atoms with Crippen molar-refractivity contribution in [2.24, 2.45) is 0 Å². The smallest absolute Gasteiger partial charge is 0.261 e. The summed E-state index contributed by atoms with van der Waals surface area (Å²) in [6, 6.07) is 9.02. The monoisotopic (exact) mass is 376 g/mol. The van der Waals surface area contributed by atoms with Gasteiger partial charge in [0.2, 0.25) is 0 Å². The number of carbonyl (C=O) groups is 1. The molecule has 7 heteroatoms. The van der Waals surface area contributed by atoms with Crippen LogP contribution in [0.3, 0.4) is 0 Å². The molecular formula is C18H18Cl2N4O. The maximum atomic E-state index is 12.1. The third kappa shape index (κ3) is 4.62. The van der Waals surface area contributed by atoms with Crippen LogP contribution in [-0.4, -0.2) is 22.2 Å². The molecule has 1 amide bonds. The zero-order valence-corrected chi connectivity index (χ0v) is 15.5. The normalized spacial score (nSPS) is 11.2. The fourth-order valence-electron chi connectivity index (χ4n) is 2.22. The largest absolute Gasteiger partial charge is 0.351 e. The Bertz CT molecular complexity index is 849. The summed E-state index contributed by atoms with van der Waals surface area (Å²) in [4.78, 5) is 12.1. The van der Waals surface area contributed by atoms with Crippen molar-refractivity contribution in [3.63, 3.8) is 0 Å². The van der Waals surface area contributed by atoms with Gasteiger partial charge in [-0.3, -0.25) is 4.79 Å². The second-order valence-corrected chi connectivity index (χ2v) is 6.26. The summed E-state index contributed by atoms with van der Waals surface area (Å²) in [5.74, 6) is -0.415. The molecule has 0 spiro atoms. The molecule has 0 bridgehead atoms. The minimum atomic E-state index is -0.415. The molecule has 1 aromatic carbocycles. The van der Waals surface area contributed by atoms with E-state index in [4.69, 9.17) is 23.2 Å². The minimum absolute atomic E-state index is 0.00764. The summed E-state index contributed by atoms with van der Waals surface area (Å²) < 4.78 is 1.53. The molecule has 0 fully saturated rings. The number of hydrogen-bond donors (Lipinski definition) is 1. The summed E-state index contributed by atoms with van der Waals surface area (Å²) in [6.45, 7) is 4.33. The van der Waals surface area contributed by atoms with Crippen molar-refractivity contribution in [2.75, 3.05) is 6.54 Å². The Morgan fingerprint density at radius 3 is 2.84 bits per heavy atom. The molecule has 2 rings (SSSR count). The Balaban J connectivity index is 2.36. The van der Waals surface area contributed by atoms with Crippen LogP contribution in [-0.2, 0) is 4.79 Å². The van der Waals surface area contributed by atoms with Gasteiger partial charge in [0.15, 0.2) is 0 Å². The van der Waals surface area contributed by atoms with E-state index in [-0.39, 0.29) is 5.57 Å². The van der Waals surface area contributed by atoms with Gasteiger partial charge in [-0.1, -0.05) is 42.6 Å². The van der Waals surface area contributed by atoms with E-state index in [9.17, 15) is 10.1 Å². The number of benzene rings is 1. The summed E-state index contributed by atoms with van der Waals surface area (Å²) in [6.07, 6.45) is 3.28.